The van der Waals surface area contributed by atoms with E-state index in [-0.39, 0.29) is 10.8 Å². The summed E-state index contributed by atoms with van der Waals surface area (Å²) in [6.07, 6.45) is 22.1. The van der Waals surface area contributed by atoms with Crippen LogP contribution >= 0.6 is 0 Å². The average Bonchev–Trinajstić information content (AvgIpc) is 3.45. The van der Waals surface area contributed by atoms with Crippen molar-refractivity contribution in [1.82, 2.24) is 0 Å². The quantitative estimate of drug-likeness (QED) is 0.182. The molecule has 0 aliphatic heterocycles. The molecule has 7 aliphatic rings. The molecule has 0 spiro atoms. The van der Waals surface area contributed by atoms with Crippen LogP contribution in [-0.2, 0) is 10.8 Å². The molecule has 46 heavy (non-hydrogen) atoms. The van der Waals surface area contributed by atoms with E-state index in [0.717, 1.165) is 6.42 Å². The zero-order chi connectivity index (χ0) is 30.7. The third kappa shape index (κ3) is 2.95. The van der Waals surface area contributed by atoms with Crippen LogP contribution in [0.5, 0.6) is 0 Å². The second-order valence-corrected chi connectivity index (χ2v) is 16.2. The van der Waals surface area contributed by atoms with E-state index in [9.17, 15) is 0 Å². The summed E-state index contributed by atoms with van der Waals surface area (Å²) in [6.45, 7) is 10.1. The molecule has 0 fully saturated rings. The molecule has 4 atom stereocenters. The highest BCUT2D eigenvalue weighted by atomic mass is 14.5. The van der Waals surface area contributed by atoms with Crippen molar-refractivity contribution in [1.29, 1.82) is 0 Å². The third-order valence-corrected chi connectivity index (χ3v) is 13.4. The molecular weight excluding hydrogens is 553 g/mol. The van der Waals surface area contributed by atoms with Crippen molar-refractivity contribution in [3.8, 4) is 11.1 Å². The number of rotatable bonds is 0. The fourth-order valence-corrected chi connectivity index (χ4v) is 11.3. The van der Waals surface area contributed by atoms with E-state index >= 15 is 0 Å². The molecule has 0 heterocycles. The highest BCUT2D eigenvalue weighted by molar-refractivity contribution is 5.99. The smallest absolute Gasteiger partial charge is 0.0159 e. The number of allylic oxidation sites excluding steroid dienone is 6. The lowest BCUT2D eigenvalue weighted by Crippen LogP contribution is -2.44. The van der Waals surface area contributed by atoms with E-state index in [1.54, 1.807) is 33.2 Å². The van der Waals surface area contributed by atoms with E-state index in [0.29, 0.717) is 23.7 Å². The van der Waals surface area contributed by atoms with Crippen LogP contribution in [0, 0.1) is 17.8 Å². The van der Waals surface area contributed by atoms with Crippen LogP contribution in [0.2, 0.25) is 0 Å². The van der Waals surface area contributed by atoms with E-state index in [4.69, 9.17) is 0 Å². The highest BCUT2D eigenvalue weighted by Gasteiger charge is 2.51. The van der Waals surface area contributed by atoms with Crippen molar-refractivity contribution >= 4 is 34.1 Å². The molecule has 0 aromatic heterocycles. The molecule has 0 N–H and O–H groups in total. The minimum absolute atomic E-state index is 0.00922. The van der Waals surface area contributed by atoms with Gasteiger partial charge >= 0.3 is 0 Å². The van der Waals surface area contributed by atoms with Crippen molar-refractivity contribution in [2.24, 2.45) is 17.8 Å². The highest BCUT2D eigenvalue weighted by Crippen LogP contribution is 2.60. The van der Waals surface area contributed by atoms with Crippen LogP contribution in [0.3, 0.4) is 0 Å². The van der Waals surface area contributed by atoms with Gasteiger partial charge in [0.05, 0.1) is 0 Å². The summed E-state index contributed by atoms with van der Waals surface area (Å²) >= 11 is 0. The molecule has 4 unspecified atom stereocenters. The second-order valence-electron chi connectivity index (χ2n) is 16.2. The Balaban J connectivity index is 1.24. The van der Waals surface area contributed by atoms with Gasteiger partial charge in [0.15, 0.2) is 0 Å². The first-order valence-electron chi connectivity index (χ1n) is 17.7. The van der Waals surface area contributed by atoms with Crippen LogP contribution in [0.1, 0.15) is 87.1 Å². The maximum absolute atomic E-state index is 2.67. The first-order chi connectivity index (χ1) is 22.3. The summed E-state index contributed by atoms with van der Waals surface area (Å²) in [5, 5.41) is 8.91. The van der Waals surface area contributed by atoms with Gasteiger partial charge in [0.2, 0.25) is 0 Å². The Morgan fingerprint density at radius 2 is 1.59 bits per heavy atom. The number of hydrogen-bond donors (Lipinski definition) is 0. The minimum atomic E-state index is -0.0530. The summed E-state index contributed by atoms with van der Waals surface area (Å²) < 4.78 is 0. The molecule has 0 radical (unpaired) electrons. The van der Waals surface area contributed by atoms with Gasteiger partial charge in [-0.15, -0.1) is 0 Å². The van der Waals surface area contributed by atoms with Crippen molar-refractivity contribution in [2.75, 3.05) is 0 Å². The topological polar surface area (TPSA) is 0 Å². The van der Waals surface area contributed by atoms with Gasteiger partial charge in [0.25, 0.3) is 0 Å². The fraction of sp³-hybridized carbons (Fsp3) is 0.304. The Morgan fingerprint density at radius 1 is 0.761 bits per heavy atom. The van der Waals surface area contributed by atoms with E-state index in [1.807, 2.05) is 0 Å². The first-order valence-corrected chi connectivity index (χ1v) is 17.7. The predicted octanol–water partition coefficient (Wildman–Crippen LogP) is 7.95. The van der Waals surface area contributed by atoms with Crippen molar-refractivity contribution < 1.29 is 0 Å². The van der Waals surface area contributed by atoms with Crippen LogP contribution in [0.25, 0.3) is 45.2 Å². The Labute approximate surface area is 271 Å². The second kappa shape index (κ2) is 8.40. The summed E-state index contributed by atoms with van der Waals surface area (Å²) in [6, 6.07) is 22.1. The Bertz CT molecular complexity index is 2490. The zero-order valence-corrected chi connectivity index (χ0v) is 27.4. The van der Waals surface area contributed by atoms with Gasteiger partial charge in [-0.1, -0.05) is 107 Å². The van der Waals surface area contributed by atoms with E-state index in [1.165, 1.54) is 73.3 Å². The summed E-state index contributed by atoms with van der Waals surface area (Å²) in [5.74, 6) is 2.00. The van der Waals surface area contributed by atoms with Crippen molar-refractivity contribution in [3.05, 3.63) is 139 Å². The normalized spacial score (nSPS) is 27.3. The molecular formula is C46H40. The molecule has 0 nitrogen and oxygen atoms in total. The Morgan fingerprint density at radius 3 is 2.46 bits per heavy atom. The van der Waals surface area contributed by atoms with Gasteiger partial charge in [0, 0.05) is 23.2 Å². The molecule has 0 amide bonds. The van der Waals surface area contributed by atoms with Crippen molar-refractivity contribution in [3.63, 3.8) is 0 Å². The maximum atomic E-state index is 2.67. The van der Waals surface area contributed by atoms with Crippen LogP contribution in [0.15, 0.2) is 90.6 Å². The van der Waals surface area contributed by atoms with Crippen molar-refractivity contribution in [2.45, 2.75) is 70.1 Å². The lowest BCUT2D eigenvalue weighted by molar-refractivity contribution is 0.367. The molecule has 0 heteroatoms. The largest absolute Gasteiger partial charge is 0.0836 e. The number of fused-ring (bicyclic) bond motifs is 12. The monoisotopic (exact) mass is 592 g/mol. The predicted molar refractivity (Wildman–Crippen MR) is 192 cm³/mol. The molecule has 0 bridgehead atoms. The standard InChI is InChI=1S/C46H40/c1-45(2)36-24-35-37(23-34(36)42-32-20-19-27-12-9-11-26-16-17-28(22-38(42)45)40(32)39(26)27)46(3,4)44-33-21-18-25-10-5-6-13-29(25)41(33)30-14-7-8-15-31(30)43(35)44/h5-8,11,13-18,20-25,27,33,44H,9-10,12,19H2,1-4H3. The van der Waals surface area contributed by atoms with Crippen LogP contribution in [0.4, 0.5) is 0 Å². The van der Waals surface area contributed by atoms with Gasteiger partial charge in [0.1, 0.15) is 0 Å². The molecule has 4 aromatic rings. The maximum Gasteiger partial charge on any atom is 0.0159 e. The lowest BCUT2D eigenvalue weighted by Gasteiger charge is -2.42. The fourth-order valence-electron chi connectivity index (χ4n) is 11.3. The molecule has 0 saturated carbocycles. The van der Waals surface area contributed by atoms with Crippen LogP contribution < -0.4 is 20.9 Å². The van der Waals surface area contributed by atoms with E-state index in [2.05, 4.69) is 125 Å². The lowest BCUT2D eigenvalue weighted by atomic mass is 9.61. The SMILES string of the molecule is CC1(C)c2cc3c(cc2-c2c1cc1ccc4c5c1c2=CCC5CCC=4)C(C)(C)C1C3=c2ccccc2=C2C3=CC=CCC3C=CC21. The molecule has 0 saturated heterocycles. The average molecular weight is 593 g/mol. The summed E-state index contributed by atoms with van der Waals surface area (Å²) in [5.41, 5.74) is 15.4. The van der Waals surface area contributed by atoms with Gasteiger partial charge in [-0.3, -0.25) is 0 Å². The summed E-state index contributed by atoms with van der Waals surface area (Å²) in [7, 11) is 0. The minimum Gasteiger partial charge on any atom is -0.0836 e. The van der Waals surface area contributed by atoms with E-state index < -0.39 is 0 Å². The molecule has 7 aliphatic carbocycles. The zero-order valence-electron chi connectivity index (χ0n) is 27.4. The Hall–Kier alpha value is -4.16. The van der Waals surface area contributed by atoms with Gasteiger partial charge in [-0.25, -0.2) is 0 Å². The number of hydrogen-bond acceptors (Lipinski definition) is 0. The van der Waals surface area contributed by atoms with Gasteiger partial charge in [-0.05, 0) is 143 Å². The molecule has 4 aromatic carbocycles. The van der Waals surface area contributed by atoms with Gasteiger partial charge in [-0.2, -0.15) is 0 Å². The third-order valence-electron chi connectivity index (χ3n) is 13.4. The molecule has 224 valence electrons. The summed E-state index contributed by atoms with van der Waals surface area (Å²) in [4.78, 5) is 0. The van der Waals surface area contributed by atoms with Crippen LogP contribution in [-0.4, -0.2) is 0 Å². The Kier molecular flexibility index (Phi) is 4.74. The molecule has 11 rings (SSSR count). The first kappa shape index (κ1) is 26.0. The van der Waals surface area contributed by atoms with Gasteiger partial charge < -0.3 is 0 Å². The number of benzene rings is 4.